The predicted molar refractivity (Wildman–Crippen MR) is 106 cm³/mol. The maximum atomic E-state index is 14.1. The normalized spacial score (nSPS) is 14.2. The van der Waals surface area contributed by atoms with E-state index < -0.39 is 80.9 Å². The minimum atomic E-state index is -7.22. The van der Waals surface area contributed by atoms with E-state index in [1.54, 1.807) is 0 Å². The first-order valence-corrected chi connectivity index (χ1v) is 12.7. The van der Waals surface area contributed by atoms with Gasteiger partial charge in [-0.1, -0.05) is 22.3 Å². The van der Waals surface area contributed by atoms with Crippen LogP contribution in [-0.4, -0.2) is 39.6 Å². The molecule has 0 fully saturated rings. The van der Waals surface area contributed by atoms with E-state index in [1.807, 2.05) is 0 Å². The molecule has 2 aromatic carbocycles. The lowest BCUT2D eigenvalue weighted by atomic mass is 10.3. The van der Waals surface area contributed by atoms with Crippen molar-refractivity contribution in [2.75, 3.05) is 0 Å². The maximum absolute atomic E-state index is 14.1. The largest absolute Gasteiger partial charge is 0.449 e. The number of hydrogen-bond donors (Lipinski definition) is 2. The van der Waals surface area contributed by atoms with Gasteiger partial charge in [-0.25, -0.2) is 30.4 Å². The molecular formula is C16H9F10NO5S4. The fraction of sp³-hybridized carbons (Fsp3) is 0.250. The van der Waals surface area contributed by atoms with Crippen molar-refractivity contribution in [1.29, 1.82) is 0 Å². The molecule has 0 aliphatic heterocycles. The summed E-state index contributed by atoms with van der Waals surface area (Å²) in [5.41, 5.74) is 0. The summed E-state index contributed by atoms with van der Waals surface area (Å²) < 4.78 is 188. The molecule has 0 radical (unpaired) electrons. The number of halogens is 10. The van der Waals surface area contributed by atoms with E-state index in [9.17, 15) is 60.7 Å². The molecule has 0 unspecified atom stereocenters. The summed E-state index contributed by atoms with van der Waals surface area (Å²) in [4.78, 5) is -3.53. The third kappa shape index (κ3) is 5.87. The summed E-state index contributed by atoms with van der Waals surface area (Å²) in [5, 5.41) is -13.0. The van der Waals surface area contributed by atoms with E-state index >= 15 is 0 Å². The van der Waals surface area contributed by atoms with Gasteiger partial charge < -0.3 is 0 Å². The lowest BCUT2D eigenvalue weighted by Crippen LogP contribution is -2.58. The van der Waals surface area contributed by atoms with Crippen molar-refractivity contribution in [3.8, 4) is 0 Å². The molecule has 202 valence electrons. The highest BCUT2D eigenvalue weighted by Gasteiger charge is 2.74. The van der Waals surface area contributed by atoms with Crippen molar-refractivity contribution in [1.82, 2.24) is 4.13 Å². The molecule has 0 atom stereocenters. The van der Waals surface area contributed by atoms with E-state index in [0.29, 0.717) is 24.3 Å². The summed E-state index contributed by atoms with van der Waals surface area (Å²) in [5.74, 6) is -3.73. The van der Waals surface area contributed by atoms with Crippen molar-refractivity contribution >= 4 is 44.4 Å². The first kappa shape index (κ1) is 30.5. The Hall–Kier alpha value is -1.74. The lowest BCUT2D eigenvalue weighted by Gasteiger charge is -2.32. The second kappa shape index (κ2) is 9.86. The van der Waals surface area contributed by atoms with Gasteiger partial charge in [0.1, 0.15) is 11.6 Å². The Morgan fingerprint density at radius 3 is 1.78 bits per heavy atom. The summed E-state index contributed by atoms with van der Waals surface area (Å²) in [6.45, 7) is 0. The Morgan fingerprint density at radius 2 is 1.28 bits per heavy atom. The Labute approximate surface area is 205 Å². The number of hydrogen-bond acceptors (Lipinski definition) is 7. The fourth-order valence-corrected chi connectivity index (χ4v) is 6.29. The van der Waals surface area contributed by atoms with E-state index in [4.69, 9.17) is 0 Å². The summed E-state index contributed by atoms with van der Waals surface area (Å²) in [7, 11) is -12.8. The maximum Gasteiger partial charge on any atom is 0.449 e. The van der Waals surface area contributed by atoms with Crippen LogP contribution in [0.1, 0.15) is 0 Å². The molecule has 20 heteroatoms. The second-order valence-corrected chi connectivity index (χ2v) is 11.6. The number of thioether (sulfide) groups is 1. The van der Waals surface area contributed by atoms with Crippen molar-refractivity contribution in [3.63, 3.8) is 0 Å². The SMILES string of the molecule is O=S(=O)(NS(=O)(=O)C(F)(F)C(F)(F)OC(F)(F)C(F)(F)Sc1c(F)cccc1F)c1ccccc1S. The highest BCUT2D eigenvalue weighted by molar-refractivity contribution is 8.05. The molecule has 2 aromatic rings. The molecule has 6 nitrogen and oxygen atoms in total. The van der Waals surface area contributed by atoms with Crippen LogP contribution in [0, 0.1) is 11.6 Å². The zero-order valence-electron chi connectivity index (χ0n) is 16.5. The van der Waals surface area contributed by atoms with Crippen LogP contribution in [0.5, 0.6) is 0 Å². The average Bonchev–Trinajstić information content (AvgIpc) is 2.69. The van der Waals surface area contributed by atoms with Crippen LogP contribution >= 0.6 is 24.4 Å². The third-order valence-electron chi connectivity index (χ3n) is 3.79. The topological polar surface area (TPSA) is 89.5 Å². The molecular weight excluding hydrogens is 604 g/mol. The highest BCUT2D eigenvalue weighted by Crippen LogP contribution is 2.52. The quantitative estimate of drug-likeness (QED) is 0.222. The van der Waals surface area contributed by atoms with E-state index in [1.165, 1.54) is 0 Å². The molecule has 0 aromatic heterocycles. The molecule has 1 N–H and O–H groups in total. The van der Waals surface area contributed by atoms with Crippen LogP contribution in [0.2, 0.25) is 0 Å². The average molecular weight is 613 g/mol. The molecule has 0 aliphatic carbocycles. The Balaban J connectivity index is 2.39. The summed E-state index contributed by atoms with van der Waals surface area (Å²) in [6, 6.07) is 4.85. The van der Waals surface area contributed by atoms with Gasteiger partial charge in [-0.05, 0) is 36.0 Å². The van der Waals surface area contributed by atoms with E-state index in [0.717, 1.165) is 18.2 Å². The highest BCUT2D eigenvalue weighted by atomic mass is 32.3. The van der Waals surface area contributed by atoms with Crippen LogP contribution in [0.15, 0.2) is 57.2 Å². The van der Waals surface area contributed by atoms with Gasteiger partial charge in [-0.3, -0.25) is 0 Å². The first-order chi connectivity index (χ1) is 16.1. The lowest BCUT2D eigenvalue weighted by molar-refractivity contribution is -0.441. The minimum Gasteiger partial charge on any atom is -0.244 e. The molecule has 0 aliphatic rings. The fourth-order valence-electron chi connectivity index (χ4n) is 2.13. The molecule has 0 saturated heterocycles. The second-order valence-electron chi connectivity index (χ2n) is 6.38. The van der Waals surface area contributed by atoms with E-state index in [-0.39, 0.29) is 4.13 Å². The molecule has 36 heavy (non-hydrogen) atoms. The zero-order valence-corrected chi connectivity index (χ0v) is 19.9. The molecule has 0 bridgehead atoms. The zero-order chi connectivity index (χ0) is 28.0. The third-order valence-corrected chi connectivity index (χ3v) is 9.03. The number of benzene rings is 2. The van der Waals surface area contributed by atoms with Gasteiger partial charge in [0.15, 0.2) is 0 Å². The van der Waals surface area contributed by atoms with Gasteiger partial charge in [-0.15, -0.1) is 12.6 Å². The van der Waals surface area contributed by atoms with E-state index in [2.05, 4.69) is 17.4 Å². The van der Waals surface area contributed by atoms with Crippen molar-refractivity contribution in [2.24, 2.45) is 0 Å². The molecule has 0 heterocycles. The number of nitrogens with one attached hydrogen (secondary N) is 1. The van der Waals surface area contributed by atoms with Crippen molar-refractivity contribution < 1.29 is 65.5 Å². The number of sulfonamides is 2. The van der Waals surface area contributed by atoms with Crippen LogP contribution in [-0.2, 0) is 24.8 Å². The minimum absolute atomic E-state index is 0.164. The number of thiol groups is 1. The monoisotopic (exact) mass is 613 g/mol. The van der Waals surface area contributed by atoms with Gasteiger partial charge in [0.05, 0.1) is 9.79 Å². The number of ether oxygens (including phenoxy) is 1. The molecule has 0 saturated carbocycles. The summed E-state index contributed by atoms with van der Waals surface area (Å²) in [6.07, 6.45) is -13.7. The number of rotatable bonds is 10. The Morgan fingerprint density at radius 1 is 0.778 bits per heavy atom. The molecule has 0 spiro atoms. The Kier molecular flexibility index (Phi) is 8.35. The Bertz CT molecular complexity index is 1330. The van der Waals surface area contributed by atoms with Crippen LogP contribution < -0.4 is 4.13 Å². The molecule has 0 amide bonds. The first-order valence-electron chi connectivity index (χ1n) is 8.48. The van der Waals surface area contributed by atoms with Gasteiger partial charge in [0, 0.05) is 4.90 Å². The standard InChI is InChI=1S/C16H9F10NO5S4/c17-8-4-3-5-9(18)12(8)34-15(23,24)13(19,20)32-14(21,22)16(25,26)36(30,31)27-35(28,29)11-7-2-1-6-10(11)33/h1-7,27,33H. The number of alkyl halides is 8. The predicted octanol–water partition coefficient (Wildman–Crippen LogP) is 5.04. The van der Waals surface area contributed by atoms with Gasteiger partial charge >= 0.3 is 22.7 Å². The van der Waals surface area contributed by atoms with Crippen molar-refractivity contribution in [2.45, 2.75) is 37.4 Å². The van der Waals surface area contributed by atoms with Gasteiger partial charge in [0.25, 0.3) is 20.0 Å². The van der Waals surface area contributed by atoms with Gasteiger partial charge in [-0.2, -0.15) is 35.1 Å². The van der Waals surface area contributed by atoms with Crippen LogP contribution in [0.3, 0.4) is 0 Å². The van der Waals surface area contributed by atoms with Crippen LogP contribution in [0.25, 0.3) is 0 Å². The van der Waals surface area contributed by atoms with Crippen molar-refractivity contribution in [3.05, 3.63) is 54.1 Å². The summed E-state index contributed by atoms with van der Waals surface area (Å²) >= 11 is 1.87. The van der Waals surface area contributed by atoms with Crippen LogP contribution in [0.4, 0.5) is 43.9 Å². The smallest absolute Gasteiger partial charge is 0.244 e. The van der Waals surface area contributed by atoms with Gasteiger partial charge in [0.2, 0.25) is 0 Å². The molecule has 2 rings (SSSR count).